The van der Waals surface area contributed by atoms with Crippen molar-refractivity contribution in [2.24, 2.45) is 0 Å². The second-order valence-corrected chi connectivity index (χ2v) is 6.19. The second kappa shape index (κ2) is 6.28. The summed E-state index contributed by atoms with van der Waals surface area (Å²) in [5, 5.41) is 11.4. The molecule has 0 unspecified atom stereocenters. The number of benzene rings is 2. The van der Waals surface area contributed by atoms with E-state index in [0.717, 1.165) is 0 Å². The summed E-state index contributed by atoms with van der Waals surface area (Å²) in [6, 6.07) is 13.9. The van der Waals surface area contributed by atoms with E-state index in [2.05, 4.69) is 10.0 Å². The Balaban J connectivity index is 2.21. The summed E-state index contributed by atoms with van der Waals surface area (Å²) in [6.07, 6.45) is 0. The average molecular weight is 315 g/mol. The molecule has 0 aliphatic rings. The van der Waals surface area contributed by atoms with Crippen LogP contribution < -0.4 is 10.0 Å². The molecular formula is C15H13N3O3S. The first-order valence-electron chi connectivity index (χ1n) is 6.31. The number of amides is 1. The average Bonchev–Trinajstić information content (AvgIpc) is 2.48. The van der Waals surface area contributed by atoms with Gasteiger partial charge < -0.3 is 5.32 Å². The highest BCUT2D eigenvalue weighted by Crippen LogP contribution is 2.19. The molecule has 0 aromatic heterocycles. The third kappa shape index (κ3) is 3.84. The lowest BCUT2D eigenvalue weighted by molar-refractivity contribution is -0.114. The number of carbonyl (C=O) groups is 1. The van der Waals surface area contributed by atoms with Crippen molar-refractivity contribution in [3.8, 4) is 6.07 Å². The number of hydrogen-bond acceptors (Lipinski definition) is 4. The van der Waals surface area contributed by atoms with Crippen molar-refractivity contribution in [2.45, 2.75) is 11.8 Å². The van der Waals surface area contributed by atoms with Gasteiger partial charge in [-0.1, -0.05) is 6.07 Å². The maximum atomic E-state index is 12.2. The molecule has 0 aliphatic carbocycles. The summed E-state index contributed by atoms with van der Waals surface area (Å²) in [5.41, 5.74) is 1.20. The molecule has 0 heterocycles. The lowest BCUT2D eigenvalue weighted by Gasteiger charge is -2.09. The summed E-state index contributed by atoms with van der Waals surface area (Å²) >= 11 is 0. The fourth-order valence-corrected chi connectivity index (χ4v) is 2.88. The summed E-state index contributed by atoms with van der Waals surface area (Å²) in [4.78, 5) is 10.9. The molecule has 112 valence electrons. The van der Waals surface area contributed by atoms with Crippen LogP contribution >= 0.6 is 0 Å². The Labute approximate surface area is 128 Å². The van der Waals surface area contributed by atoms with Gasteiger partial charge in [-0.2, -0.15) is 5.26 Å². The summed E-state index contributed by atoms with van der Waals surface area (Å²) in [5.74, 6) is -0.207. The standard InChI is InChI=1S/C15H13N3O3S/c1-11(19)17-13-5-7-14(8-6-13)18-22(20,21)15-4-2-3-12(9-15)10-16/h2-9,18H,1H3,(H,17,19). The van der Waals surface area contributed by atoms with Gasteiger partial charge in [0, 0.05) is 18.3 Å². The number of carbonyl (C=O) groups excluding carboxylic acids is 1. The molecule has 0 atom stereocenters. The highest BCUT2D eigenvalue weighted by molar-refractivity contribution is 7.92. The minimum atomic E-state index is -3.77. The molecule has 1 amide bonds. The van der Waals surface area contributed by atoms with Gasteiger partial charge >= 0.3 is 0 Å². The number of sulfonamides is 1. The van der Waals surface area contributed by atoms with E-state index < -0.39 is 10.0 Å². The van der Waals surface area contributed by atoms with Crippen LogP contribution in [0.25, 0.3) is 0 Å². The molecule has 0 fully saturated rings. The van der Waals surface area contributed by atoms with Crippen molar-refractivity contribution < 1.29 is 13.2 Å². The van der Waals surface area contributed by atoms with Crippen LogP contribution in [0.1, 0.15) is 12.5 Å². The SMILES string of the molecule is CC(=O)Nc1ccc(NS(=O)(=O)c2cccc(C#N)c2)cc1. The smallest absolute Gasteiger partial charge is 0.261 e. The van der Waals surface area contributed by atoms with Crippen LogP contribution in [0.5, 0.6) is 0 Å². The lowest BCUT2D eigenvalue weighted by Crippen LogP contribution is -2.13. The Hall–Kier alpha value is -2.85. The Kier molecular flexibility index (Phi) is 4.44. The predicted molar refractivity (Wildman–Crippen MR) is 82.7 cm³/mol. The minimum Gasteiger partial charge on any atom is -0.326 e. The second-order valence-electron chi connectivity index (χ2n) is 4.50. The number of rotatable bonds is 4. The largest absolute Gasteiger partial charge is 0.326 e. The Morgan fingerprint density at radius 1 is 1.09 bits per heavy atom. The van der Waals surface area contributed by atoms with Crippen LogP contribution in [0.4, 0.5) is 11.4 Å². The molecule has 6 nitrogen and oxygen atoms in total. The monoisotopic (exact) mass is 315 g/mol. The first-order valence-corrected chi connectivity index (χ1v) is 7.80. The zero-order valence-electron chi connectivity index (χ0n) is 11.7. The van der Waals surface area contributed by atoms with E-state index in [9.17, 15) is 13.2 Å². The van der Waals surface area contributed by atoms with Gasteiger partial charge in [-0.3, -0.25) is 9.52 Å². The number of anilines is 2. The topological polar surface area (TPSA) is 99.1 Å². The van der Waals surface area contributed by atoms with Crippen LogP contribution in [0.3, 0.4) is 0 Å². The van der Waals surface area contributed by atoms with Gasteiger partial charge in [0.2, 0.25) is 5.91 Å². The molecule has 2 rings (SSSR count). The number of nitrogens with zero attached hydrogens (tertiary/aromatic N) is 1. The van der Waals surface area contributed by atoms with Gasteiger partial charge in [-0.25, -0.2) is 8.42 Å². The first kappa shape index (κ1) is 15.5. The van der Waals surface area contributed by atoms with Crippen LogP contribution in [0.2, 0.25) is 0 Å². The normalized spacial score (nSPS) is 10.5. The van der Waals surface area contributed by atoms with Crippen LogP contribution in [-0.4, -0.2) is 14.3 Å². The lowest BCUT2D eigenvalue weighted by atomic mass is 10.2. The van der Waals surface area contributed by atoms with Gasteiger partial charge in [0.25, 0.3) is 10.0 Å². The summed E-state index contributed by atoms with van der Waals surface area (Å²) in [7, 11) is -3.77. The zero-order chi connectivity index (χ0) is 16.2. The molecule has 0 spiro atoms. The maximum Gasteiger partial charge on any atom is 0.261 e. The Bertz CT molecular complexity index is 837. The third-order valence-corrected chi connectivity index (χ3v) is 4.11. The van der Waals surface area contributed by atoms with E-state index >= 15 is 0 Å². The minimum absolute atomic E-state index is 0.0116. The Morgan fingerprint density at radius 2 is 1.73 bits per heavy atom. The van der Waals surface area contributed by atoms with E-state index in [1.165, 1.54) is 43.3 Å². The van der Waals surface area contributed by atoms with Gasteiger partial charge in [0.05, 0.1) is 16.5 Å². The van der Waals surface area contributed by atoms with E-state index in [4.69, 9.17) is 5.26 Å². The van der Waals surface area contributed by atoms with Gasteiger partial charge in [0.15, 0.2) is 0 Å². The van der Waals surface area contributed by atoms with Crippen molar-refractivity contribution in [1.29, 1.82) is 5.26 Å². The van der Waals surface area contributed by atoms with E-state index in [1.807, 2.05) is 6.07 Å². The third-order valence-electron chi connectivity index (χ3n) is 2.73. The predicted octanol–water partition coefficient (Wildman–Crippen LogP) is 2.32. The van der Waals surface area contributed by atoms with E-state index in [0.29, 0.717) is 11.4 Å². The molecule has 2 N–H and O–H groups in total. The Morgan fingerprint density at radius 3 is 2.32 bits per heavy atom. The van der Waals surface area contributed by atoms with E-state index in [1.54, 1.807) is 12.1 Å². The molecule has 2 aromatic carbocycles. The van der Waals surface area contributed by atoms with Gasteiger partial charge in [-0.05, 0) is 42.5 Å². The van der Waals surface area contributed by atoms with Crippen LogP contribution in [0.15, 0.2) is 53.4 Å². The molecule has 2 aromatic rings. The molecule has 0 bridgehead atoms. The van der Waals surface area contributed by atoms with E-state index in [-0.39, 0.29) is 16.4 Å². The summed E-state index contributed by atoms with van der Waals surface area (Å²) < 4.78 is 26.9. The fourth-order valence-electron chi connectivity index (χ4n) is 1.77. The fraction of sp³-hybridized carbons (Fsp3) is 0.0667. The zero-order valence-corrected chi connectivity index (χ0v) is 12.5. The van der Waals surface area contributed by atoms with Crippen molar-refractivity contribution >= 4 is 27.3 Å². The molecule has 0 saturated carbocycles. The van der Waals surface area contributed by atoms with Crippen LogP contribution in [0, 0.1) is 11.3 Å². The molecule has 0 saturated heterocycles. The molecule has 0 aliphatic heterocycles. The van der Waals surface area contributed by atoms with Gasteiger partial charge in [0.1, 0.15) is 0 Å². The highest BCUT2D eigenvalue weighted by atomic mass is 32.2. The molecule has 0 radical (unpaired) electrons. The van der Waals surface area contributed by atoms with Crippen molar-refractivity contribution in [3.63, 3.8) is 0 Å². The highest BCUT2D eigenvalue weighted by Gasteiger charge is 2.14. The molecule has 7 heteroatoms. The van der Waals surface area contributed by atoms with Crippen molar-refractivity contribution in [1.82, 2.24) is 0 Å². The van der Waals surface area contributed by atoms with Crippen LogP contribution in [-0.2, 0) is 14.8 Å². The number of hydrogen-bond donors (Lipinski definition) is 2. The number of nitriles is 1. The van der Waals surface area contributed by atoms with Crippen molar-refractivity contribution in [3.05, 3.63) is 54.1 Å². The first-order chi connectivity index (χ1) is 10.4. The summed E-state index contributed by atoms with van der Waals surface area (Å²) in [6.45, 7) is 1.39. The molecular weight excluding hydrogens is 302 g/mol. The molecule has 22 heavy (non-hydrogen) atoms. The quantitative estimate of drug-likeness (QED) is 0.904. The number of nitrogens with one attached hydrogen (secondary N) is 2. The van der Waals surface area contributed by atoms with Crippen molar-refractivity contribution in [2.75, 3.05) is 10.0 Å². The maximum absolute atomic E-state index is 12.2. The van der Waals surface area contributed by atoms with Gasteiger partial charge in [-0.15, -0.1) is 0 Å².